The molecule has 0 aliphatic heterocycles. The van der Waals surface area contributed by atoms with Gasteiger partial charge in [-0.3, -0.25) is 0 Å². The molecule has 0 fully saturated rings. The summed E-state index contributed by atoms with van der Waals surface area (Å²) >= 11 is 5.59. The lowest BCUT2D eigenvalue weighted by molar-refractivity contribution is 0.799. The molecular weight excluding hydrogens is 236 g/mol. The first kappa shape index (κ1) is 11.9. The molecule has 1 aromatic heterocycles. The Morgan fingerprint density at radius 1 is 1.53 bits per heavy atom. The summed E-state index contributed by atoms with van der Waals surface area (Å²) in [5, 5.41) is 0. The van der Waals surface area contributed by atoms with Crippen LogP contribution in [0.3, 0.4) is 0 Å². The number of aromatic nitrogens is 2. The van der Waals surface area contributed by atoms with Gasteiger partial charge in [0.2, 0.25) is 0 Å². The Hall–Kier alpha value is -1.55. The fourth-order valence-corrected chi connectivity index (χ4v) is 1.62. The minimum Gasteiger partial charge on any atom is -0.386 e. The first-order valence-electron chi connectivity index (χ1n) is 5.49. The van der Waals surface area contributed by atoms with Crippen molar-refractivity contribution in [3.05, 3.63) is 24.0 Å². The molecule has 0 radical (unpaired) electrons. The zero-order valence-electron chi connectivity index (χ0n) is 9.87. The number of H-pyrrole nitrogens is 1. The zero-order chi connectivity index (χ0) is 12.4. The van der Waals surface area contributed by atoms with Gasteiger partial charge in [0.1, 0.15) is 11.7 Å². The molecule has 0 unspecified atom stereocenters. The third-order valence-electron chi connectivity index (χ3n) is 2.44. The number of nitrogens with one attached hydrogen (secondary N) is 1. The molecule has 1 heterocycles. The zero-order valence-corrected chi connectivity index (χ0v) is 10.6. The number of alkyl halides is 1. The fraction of sp³-hybridized carbons (Fsp3) is 0.333. The molecule has 2 aromatic rings. The lowest BCUT2D eigenvalue weighted by Crippen LogP contribution is -2.12. The lowest BCUT2D eigenvalue weighted by atomic mass is 10.2. The average Bonchev–Trinajstić information content (AvgIpc) is 2.72. The quantitative estimate of drug-likeness (QED) is 0.500. The smallest absolute Gasteiger partial charge is 0.115 e. The Bertz CT molecular complexity index is 557. The van der Waals surface area contributed by atoms with Crippen LogP contribution in [0.15, 0.2) is 23.2 Å². The number of hydrogen-bond acceptors (Lipinski definition) is 2. The molecule has 3 N–H and O–H groups in total. The van der Waals surface area contributed by atoms with E-state index < -0.39 is 0 Å². The third-order valence-corrected chi connectivity index (χ3v) is 2.71. The number of nitrogens with two attached hydrogens (primary N) is 1. The standard InChI is InChI=1S/C12H15ClN4/c1-7(2)12-16-9-4-3-8(5-10(9)17-12)15-11(14)6-13/h3-5,7H,6H2,1-2H3,(H2,14,15)(H,16,17). The number of hydrogen-bond donors (Lipinski definition) is 2. The first-order valence-corrected chi connectivity index (χ1v) is 6.02. The van der Waals surface area contributed by atoms with E-state index in [1.54, 1.807) is 0 Å². The number of benzene rings is 1. The predicted molar refractivity (Wildman–Crippen MR) is 72.2 cm³/mol. The maximum atomic E-state index is 5.59. The summed E-state index contributed by atoms with van der Waals surface area (Å²) in [5.41, 5.74) is 8.29. The first-order chi connectivity index (χ1) is 8.10. The molecule has 90 valence electrons. The molecule has 0 saturated heterocycles. The summed E-state index contributed by atoms with van der Waals surface area (Å²) in [6.45, 7) is 4.20. The number of aliphatic imine (C=N–C) groups is 1. The van der Waals surface area contributed by atoms with Crippen LogP contribution in [0.2, 0.25) is 0 Å². The molecule has 2 rings (SSSR count). The van der Waals surface area contributed by atoms with Crippen molar-refractivity contribution in [3.63, 3.8) is 0 Å². The fourth-order valence-electron chi connectivity index (χ4n) is 1.56. The number of imidazole rings is 1. The number of nitrogens with zero attached hydrogens (tertiary/aromatic N) is 2. The normalized spacial score (nSPS) is 12.6. The summed E-state index contributed by atoms with van der Waals surface area (Å²) in [4.78, 5) is 12.0. The highest BCUT2D eigenvalue weighted by Crippen LogP contribution is 2.22. The number of rotatable bonds is 3. The highest BCUT2D eigenvalue weighted by molar-refractivity contribution is 6.28. The lowest BCUT2D eigenvalue weighted by Gasteiger charge is -1.96. The summed E-state index contributed by atoms with van der Waals surface area (Å²) in [7, 11) is 0. The largest absolute Gasteiger partial charge is 0.386 e. The van der Waals surface area contributed by atoms with Crippen LogP contribution in [0.4, 0.5) is 5.69 Å². The number of fused-ring (bicyclic) bond motifs is 1. The van der Waals surface area contributed by atoms with E-state index in [-0.39, 0.29) is 5.88 Å². The summed E-state index contributed by atoms with van der Waals surface area (Å²) in [6, 6.07) is 5.73. The van der Waals surface area contributed by atoms with Crippen LogP contribution in [-0.2, 0) is 0 Å². The van der Waals surface area contributed by atoms with Gasteiger partial charge in [-0.1, -0.05) is 13.8 Å². The summed E-state index contributed by atoms with van der Waals surface area (Å²) in [5.74, 6) is 2.00. The van der Waals surface area contributed by atoms with Gasteiger partial charge in [-0.2, -0.15) is 0 Å². The van der Waals surface area contributed by atoms with Crippen molar-refractivity contribution in [2.24, 2.45) is 10.7 Å². The van der Waals surface area contributed by atoms with Gasteiger partial charge < -0.3 is 10.7 Å². The van der Waals surface area contributed by atoms with Gasteiger partial charge in [0.15, 0.2) is 0 Å². The van der Waals surface area contributed by atoms with Gasteiger partial charge in [0.05, 0.1) is 22.6 Å². The van der Waals surface area contributed by atoms with Gasteiger partial charge in [-0.25, -0.2) is 9.98 Å². The van der Waals surface area contributed by atoms with Gasteiger partial charge >= 0.3 is 0 Å². The van der Waals surface area contributed by atoms with Crippen molar-refractivity contribution in [3.8, 4) is 0 Å². The van der Waals surface area contributed by atoms with Crippen LogP contribution in [-0.4, -0.2) is 21.7 Å². The van der Waals surface area contributed by atoms with E-state index in [1.807, 2.05) is 18.2 Å². The molecule has 5 heteroatoms. The molecule has 0 spiro atoms. The predicted octanol–water partition coefficient (Wildman–Crippen LogP) is 2.91. The second-order valence-corrected chi connectivity index (χ2v) is 4.48. The van der Waals surface area contributed by atoms with E-state index in [0.717, 1.165) is 22.5 Å². The second kappa shape index (κ2) is 4.75. The van der Waals surface area contributed by atoms with E-state index in [9.17, 15) is 0 Å². The Morgan fingerprint density at radius 3 is 2.94 bits per heavy atom. The van der Waals surface area contributed by atoms with Gasteiger partial charge in [0.25, 0.3) is 0 Å². The SMILES string of the molecule is CC(C)c1nc2ccc(N=C(N)CCl)cc2[nH]1. The molecule has 0 bridgehead atoms. The molecule has 0 aliphatic rings. The second-order valence-electron chi connectivity index (χ2n) is 4.21. The number of amidine groups is 1. The Morgan fingerprint density at radius 2 is 2.29 bits per heavy atom. The van der Waals surface area contributed by atoms with Crippen LogP contribution >= 0.6 is 11.6 Å². The summed E-state index contributed by atoms with van der Waals surface area (Å²) in [6.07, 6.45) is 0. The molecule has 0 saturated carbocycles. The van der Waals surface area contributed by atoms with Crippen molar-refractivity contribution < 1.29 is 0 Å². The van der Waals surface area contributed by atoms with Crippen molar-refractivity contribution in [2.75, 3.05) is 5.88 Å². The van der Waals surface area contributed by atoms with E-state index in [0.29, 0.717) is 11.8 Å². The molecular formula is C12H15ClN4. The monoisotopic (exact) mass is 250 g/mol. The Balaban J connectivity index is 2.43. The van der Waals surface area contributed by atoms with Crippen LogP contribution < -0.4 is 5.73 Å². The molecule has 17 heavy (non-hydrogen) atoms. The van der Waals surface area contributed by atoms with Crippen molar-refractivity contribution in [1.82, 2.24) is 9.97 Å². The topological polar surface area (TPSA) is 67.1 Å². The maximum absolute atomic E-state index is 5.59. The number of aromatic amines is 1. The molecule has 0 amide bonds. The highest BCUT2D eigenvalue weighted by atomic mass is 35.5. The minimum atomic E-state index is 0.234. The van der Waals surface area contributed by atoms with Gasteiger partial charge in [-0.15, -0.1) is 11.6 Å². The molecule has 1 aromatic carbocycles. The van der Waals surface area contributed by atoms with Crippen molar-refractivity contribution >= 4 is 34.2 Å². The number of halogens is 1. The molecule has 0 aliphatic carbocycles. The minimum absolute atomic E-state index is 0.234. The summed E-state index contributed by atoms with van der Waals surface area (Å²) < 4.78 is 0. The van der Waals surface area contributed by atoms with Crippen molar-refractivity contribution in [2.45, 2.75) is 19.8 Å². The van der Waals surface area contributed by atoms with Crippen LogP contribution in [0.25, 0.3) is 11.0 Å². The molecule has 0 atom stereocenters. The van der Waals surface area contributed by atoms with Crippen LogP contribution in [0.5, 0.6) is 0 Å². The Kier molecular flexibility index (Phi) is 3.33. The van der Waals surface area contributed by atoms with Crippen LogP contribution in [0.1, 0.15) is 25.6 Å². The van der Waals surface area contributed by atoms with E-state index in [1.165, 1.54) is 0 Å². The average molecular weight is 251 g/mol. The maximum Gasteiger partial charge on any atom is 0.115 e. The van der Waals surface area contributed by atoms with Gasteiger partial charge in [0, 0.05) is 5.92 Å². The Labute approximate surface area is 105 Å². The molecule has 4 nitrogen and oxygen atoms in total. The van der Waals surface area contributed by atoms with E-state index >= 15 is 0 Å². The van der Waals surface area contributed by atoms with Gasteiger partial charge in [-0.05, 0) is 18.2 Å². The van der Waals surface area contributed by atoms with Crippen molar-refractivity contribution in [1.29, 1.82) is 0 Å². The third kappa shape index (κ3) is 2.58. The van der Waals surface area contributed by atoms with E-state index in [2.05, 4.69) is 28.8 Å². The highest BCUT2D eigenvalue weighted by Gasteiger charge is 2.06. The van der Waals surface area contributed by atoms with E-state index in [4.69, 9.17) is 17.3 Å². The van der Waals surface area contributed by atoms with Crippen LogP contribution in [0, 0.1) is 0 Å².